The second-order valence-electron chi connectivity index (χ2n) is 10.9. The van der Waals surface area contributed by atoms with Crippen molar-refractivity contribution in [2.75, 3.05) is 0 Å². The lowest BCUT2D eigenvalue weighted by molar-refractivity contribution is -0.170. The molecule has 4 heteroatoms. The van der Waals surface area contributed by atoms with Crippen molar-refractivity contribution in [3.05, 3.63) is 28.2 Å². The Labute approximate surface area is 166 Å². The fraction of sp³-hybridized carbons (Fsp3) is 0.792. The summed E-state index contributed by atoms with van der Waals surface area (Å²) in [6, 6.07) is 0.0282. The third kappa shape index (κ3) is 1.66. The molecule has 148 valence electrons. The summed E-state index contributed by atoms with van der Waals surface area (Å²) in [5.41, 5.74) is 3.26. The number of hydrogen-bond donors (Lipinski definition) is 0. The quantitative estimate of drug-likeness (QED) is 0.394. The second-order valence-corrected chi connectivity index (χ2v) is 10.9. The molecule has 0 saturated heterocycles. The molecule has 28 heavy (non-hydrogen) atoms. The maximum atomic E-state index is 12.2. The minimum atomic E-state index is -0.294. The van der Waals surface area contributed by atoms with E-state index < -0.39 is 0 Å². The number of nitrogens with zero attached hydrogens (tertiary/aromatic N) is 1. The van der Waals surface area contributed by atoms with E-state index in [2.05, 4.69) is 18.2 Å². The zero-order valence-corrected chi connectivity index (χ0v) is 16.6. The molecule has 6 aliphatic carbocycles. The molecule has 1 spiro atoms. The Morgan fingerprint density at radius 3 is 2.82 bits per heavy atom. The third-order valence-electron chi connectivity index (χ3n) is 10.4. The van der Waals surface area contributed by atoms with Crippen molar-refractivity contribution < 1.29 is 9.53 Å². The number of carbonyl (C=O) groups is 1. The van der Waals surface area contributed by atoms with Gasteiger partial charge < -0.3 is 4.74 Å². The highest BCUT2D eigenvalue weighted by Crippen LogP contribution is 2.80. The normalized spacial score (nSPS) is 57.1. The van der Waals surface area contributed by atoms with E-state index in [1.165, 1.54) is 25.7 Å². The maximum absolute atomic E-state index is 12.2. The molecule has 10 atom stereocenters. The van der Waals surface area contributed by atoms with Gasteiger partial charge in [0, 0.05) is 17.4 Å². The van der Waals surface area contributed by atoms with Crippen LogP contribution < -0.4 is 0 Å². The monoisotopic (exact) mass is 379 g/mol. The first kappa shape index (κ1) is 16.4. The van der Waals surface area contributed by atoms with Crippen LogP contribution in [0, 0.1) is 51.7 Å². The minimum absolute atomic E-state index is 0.0282. The summed E-state index contributed by atoms with van der Waals surface area (Å²) in [5, 5.41) is 3.41. The van der Waals surface area contributed by atoms with Crippen molar-refractivity contribution in [2.45, 2.75) is 69.9 Å². The Morgan fingerprint density at radius 1 is 1.18 bits per heavy atom. The van der Waals surface area contributed by atoms with Gasteiger partial charge >= 0.3 is 5.97 Å². The predicted molar refractivity (Wildman–Crippen MR) is 104 cm³/mol. The fourth-order valence-corrected chi connectivity index (χ4v) is 9.48. The van der Waals surface area contributed by atoms with Crippen molar-refractivity contribution >= 4 is 5.97 Å². The van der Waals surface area contributed by atoms with E-state index in [1.54, 1.807) is 17.2 Å². The van der Waals surface area contributed by atoms with Crippen molar-refractivity contribution in [3.63, 3.8) is 0 Å². The second kappa shape index (κ2) is 4.99. The van der Waals surface area contributed by atoms with E-state index in [9.17, 15) is 9.70 Å². The first-order chi connectivity index (χ1) is 13.6. The molecule has 0 aromatic heterocycles. The average Bonchev–Trinajstić information content (AvgIpc) is 3.63. The van der Waals surface area contributed by atoms with Gasteiger partial charge in [-0.2, -0.15) is 4.91 Å². The number of ether oxygens (including phenoxy) is 1. The van der Waals surface area contributed by atoms with Gasteiger partial charge in [0.1, 0.15) is 5.60 Å². The molecule has 0 radical (unpaired) electrons. The van der Waals surface area contributed by atoms with Crippen LogP contribution >= 0.6 is 0 Å². The van der Waals surface area contributed by atoms with Gasteiger partial charge in [-0.1, -0.05) is 23.2 Å². The average molecular weight is 380 g/mol. The molecule has 0 bridgehead atoms. The van der Waals surface area contributed by atoms with Crippen LogP contribution in [-0.2, 0) is 9.53 Å². The van der Waals surface area contributed by atoms with Crippen LogP contribution in [-0.4, -0.2) is 17.6 Å². The molecule has 0 N–H and O–H groups in total. The van der Waals surface area contributed by atoms with Crippen molar-refractivity contribution in [3.8, 4) is 0 Å². The molecule has 7 rings (SSSR count). The van der Waals surface area contributed by atoms with E-state index in [1.807, 2.05) is 0 Å². The Morgan fingerprint density at radius 2 is 2.07 bits per heavy atom. The van der Waals surface area contributed by atoms with Crippen molar-refractivity contribution in [1.29, 1.82) is 0 Å². The van der Waals surface area contributed by atoms with Crippen LogP contribution in [0.15, 0.2) is 28.5 Å². The van der Waals surface area contributed by atoms with Gasteiger partial charge in [0.2, 0.25) is 0 Å². The van der Waals surface area contributed by atoms with Gasteiger partial charge in [-0.05, 0) is 93.0 Å². The third-order valence-corrected chi connectivity index (χ3v) is 10.4. The molecule has 8 unspecified atom stereocenters. The van der Waals surface area contributed by atoms with Crippen LogP contribution in [0.2, 0.25) is 0 Å². The summed E-state index contributed by atoms with van der Waals surface area (Å²) in [6.45, 7) is 2.35. The molecule has 0 amide bonds. The summed E-state index contributed by atoms with van der Waals surface area (Å²) in [6.07, 6.45) is 13.1. The first-order valence-corrected chi connectivity index (χ1v) is 11.6. The van der Waals surface area contributed by atoms with Crippen LogP contribution in [0.25, 0.3) is 0 Å². The van der Waals surface area contributed by atoms with Crippen LogP contribution in [0.1, 0.15) is 58.3 Å². The zero-order chi connectivity index (χ0) is 18.8. The van der Waals surface area contributed by atoms with Gasteiger partial charge in [-0.3, -0.25) is 0 Å². The molecular formula is C24H29NO3. The molecule has 4 saturated carbocycles. The Kier molecular flexibility index (Phi) is 2.92. The summed E-state index contributed by atoms with van der Waals surface area (Å²) in [7, 11) is 0. The van der Waals surface area contributed by atoms with Gasteiger partial charge in [0.15, 0.2) is 0 Å². The summed E-state index contributed by atoms with van der Waals surface area (Å²) in [5.74, 6) is 5.03. The molecule has 4 nitrogen and oxygen atoms in total. The van der Waals surface area contributed by atoms with Gasteiger partial charge in [0.05, 0.1) is 6.04 Å². The molecule has 7 aliphatic rings. The minimum Gasteiger partial charge on any atom is -0.451 e. The summed E-state index contributed by atoms with van der Waals surface area (Å²) >= 11 is 0. The standard InChI is InChI=1S/C24H29NO3/c1-2-23-7-5-14-13-4-3-12(25-27)9-15(13)16-10-17(16)21(14)22(23)18-11-19(18)24(23)8-6-20(26)28-24/h6,8,12,14,16-19,21-22H,2-5,7,9-11H2,1H3/t12?,14?,16?,17?,18?,19?,21?,22?,23-,24-/m0/s1. The van der Waals surface area contributed by atoms with E-state index in [0.717, 1.165) is 61.2 Å². The largest absolute Gasteiger partial charge is 0.451 e. The SMILES string of the molecule is CC[C@]12CCC3C4=C(CC(N=O)CC4)C4CC4C3C1C1CC1[C@@]21C=CC(=O)O1. The molecule has 1 aliphatic heterocycles. The number of nitroso groups, excluding NO2 is 1. The van der Waals surface area contributed by atoms with Crippen molar-refractivity contribution in [1.82, 2.24) is 0 Å². The highest BCUT2D eigenvalue weighted by molar-refractivity contribution is 5.86. The smallest absolute Gasteiger partial charge is 0.331 e. The van der Waals surface area contributed by atoms with E-state index in [4.69, 9.17) is 4.74 Å². The Bertz CT molecular complexity index is 860. The number of hydrogen-bond acceptors (Lipinski definition) is 4. The molecular weight excluding hydrogens is 350 g/mol. The Balaban J connectivity index is 1.31. The van der Waals surface area contributed by atoms with Crippen molar-refractivity contribution in [2.24, 2.45) is 52.0 Å². The number of carbonyl (C=O) groups excluding carboxylic acids is 1. The van der Waals surface area contributed by atoms with Crippen LogP contribution in [0.4, 0.5) is 0 Å². The molecule has 0 aromatic rings. The number of allylic oxidation sites excluding steroid dienone is 1. The maximum Gasteiger partial charge on any atom is 0.331 e. The van der Waals surface area contributed by atoms with E-state index >= 15 is 0 Å². The first-order valence-electron chi connectivity index (χ1n) is 11.6. The molecule has 4 fully saturated rings. The van der Waals surface area contributed by atoms with E-state index in [0.29, 0.717) is 5.92 Å². The zero-order valence-electron chi connectivity index (χ0n) is 16.6. The van der Waals surface area contributed by atoms with Crippen LogP contribution in [0.5, 0.6) is 0 Å². The van der Waals surface area contributed by atoms with Gasteiger partial charge in [-0.15, -0.1) is 0 Å². The molecule has 0 aromatic carbocycles. The number of fused-ring (bicyclic) bond motifs is 11. The van der Waals surface area contributed by atoms with E-state index in [-0.39, 0.29) is 23.0 Å². The number of rotatable bonds is 2. The van der Waals surface area contributed by atoms with Crippen LogP contribution in [0.3, 0.4) is 0 Å². The Hall–Kier alpha value is -1.45. The predicted octanol–water partition coefficient (Wildman–Crippen LogP) is 4.79. The lowest BCUT2D eigenvalue weighted by Gasteiger charge is -2.57. The lowest BCUT2D eigenvalue weighted by Crippen LogP contribution is -2.55. The molecule has 1 heterocycles. The number of esters is 1. The lowest BCUT2D eigenvalue weighted by atomic mass is 9.49. The summed E-state index contributed by atoms with van der Waals surface area (Å²) < 4.78 is 6.18. The fourth-order valence-electron chi connectivity index (χ4n) is 9.48. The summed E-state index contributed by atoms with van der Waals surface area (Å²) in [4.78, 5) is 23.3. The topological polar surface area (TPSA) is 55.7 Å². The highest BCUT2D eigenvalue weighted by Gasteiger charge is 2.80. The highest BCUT2D eigenvalue weighted by atomic mass is 16.6. The van der Waals surface area contributed by atoms with Gasteiger partial charge in [-0.25, -0.2) is 4.79 Å². The van der Waals surface area contributed by atoms with Gasteiger partial charge in [0.25, 0.3) is 0 Å².